The Hall–Kier alpha value is -0.710. The molecule has 0 heterocycles. The molecule has 4 aliphatic rings. The molecule has 4 fully saturated rings. The number of aliphatic hydroxyl groups is 3. The molecule has 33 heavy (non-hydrogen) atoms. The van der Waals surface area contributed by atoms with Gasteiger partial charge in [0.05, 0.1) is 6.10 Å². The number of hydrogen-bond acceptors (Lipinski definition) is 4. The van der Waals surface area contributed by atoms with Gasteiger partial charge in [0.2, 0.25) is 0 Å². The van der Waals surface area contributed by atoms with Gasteiger partial charge in [0.25, 0.3) is 0 Å². The van der Waals surface area contributed by atoms with Crippen molar-refractivity contribution in [1.29, 1.82) is 0 Å². The van der Waals surface area contributed by atoms with Gasteiger partial charge >= 0.3 is 0 Å². The number of ketones is 1. The number of carbonyl (C=O) groups excluding carboxylic acids is 1. The van der Waals surface area contributed by atoms with Gasteiger partial charge in [-0.1, -0.05) is 53.7 Å². The maximum Gasteiger partial charge on any atom is 0.169 e. The minimum absolute atomic E-state index is 0.0283. The second kappa shape index (κ2) is 8.75. The smallest absolute Gasteiger partial charge is 0.169 e. The first-order chi connectivity index (χ1) is 15.4. The number of rotatable bonds is 5. The molecule has 10 atom stereocenters. The van der Waals surface area contributed by atoms with Gasteiger partial charge in [0.15, 0.2) is 5.79 Å². The van der Waals surface area contributed by atoms with Crippen molar-refractivity contribution in [3.63, 3.8) is 0 Å². The predicted octanol–water partition coefficient (Wildman–Crippen LogP) is 5.35. The van der Waals surface area contributed by atoms with Crippen molar-refractivity contribution in [2.75, 3.05) is 0 Å². The molecule has 188 valence electrons. The zero-order valence-corrected chi connectivity index (χ0v) is 21.8. The summed E-state index contributed by atoms with van der Waals surface area (Å²) in [5, 5.41) is 33.9. The topological polar surface area (TPSA) is 77.8 Å². The molecule has 0 radical (unpaired) electrons. The van der Waals surface area contributed by atoms with Gasteiger partial charge in [-0.2, -0.15) is 0 Å². The molecular formula is C29H48O4. The Balaban J connectivity index is 1.65. The van der Waals surface area contributed by atoms with Gasteiger partial charge < -0.3 is 15.3 Å². The second-order valence-electron chi connectivity index (χ2n) is 13.1. The lowest BCUT2D eigenvalue weighted by Gasteiger charge is -2.66. The van der Waals surface area contributed by atoms with Crippen LogP contribution in [-0.2, 0) is 4.79 Å². The first-order valence-electron chi connectivity index (χ1n) is 13.7. The van der Waals surface area contributed by atoms with Crippen molar-refractivity contribution in [2.24, 2.45) is 58.2 Å². The highest BCUT2D eigenvalue weighted by Gasteiger charge is 2.69. The fourth-order valence-electron chi connectivity index (χ4n) is 9.39. The molecule has 0 aromatic heterocycles. The first-order valence-corrected chi connectivity index (χ1v) is 13.7. The highest BCUT2D eigenvalue weighted by Crippen LogP contribution is 2.71. The maximum atomic E-state index is 12.4. The van der Waals surface area contributed by atoms with Crippen LogP contribution >= 0.6 is 0 Å². The summed E-state index contributed by atoms with van der Waals surface area (Å²) >= 11 is 0. The lowest BCUT2D eigenvalue weighted by Crippen LogP contribution is -2.67. The third-order valence-corrected chi connectivity index (χ3v) is 11.3. The largest absolute Gasteiger partial charge is 0.389 e. The summed E-state index contributed by atoms with van der Waals surface area (Å²) in [4.78, 5) is 12.4. The van der Waals surface area contributed by atoms with E-state index in [2.05, 4.69) is 33.8 Å². The molecule has 0 amide bonds. The Morgan fingerprint density at radius 1 is 0.970 bits per heavy atom. The first kappa shape index (κ1) is 25.4. The summed E-state index contributed by atoms with van der Waals surface area (Å²) in [5.41, 5.74) is 0.108. The third-order valence-electron chi connectivity index (χ3n) is 11.3. The van der Waals surface area contributed by atoms with Gasteiger partial charge in [-0.25, -0.2) is 0 Å². The molecule has 4 nitrogen and oxygen atoms in total. The summed E-state index contributed by atoms with van der Waals surface area (Å²) in [6.45, 7) is 13.2. The summed E-state index contributed by atoms with van der Waals surface area (Å²) < 4.78 is 0. The second-order valence-corrected chi connectivity index (χ2v) is 13.1. The molecule has 0 bridgehead atoms. The maximum absolute atomic E-state index is 12.4. The summed E-state index contributed by atoms with van der Waals surface area (Å²) in [6, 6.07) is 0. The van der Waals surface area contributed by atoms with Gasteiger partial charge in [0, 0.05) is 24.7 Å². The highest BCUT2D eigenvalue weighted by atomic mass is 16.5. The molecule has 4 heteroatoms. The van der Waals surface area contributed by atoms with E-state index in [1.807, 2.05) is 19.9 Å². The lowest BCUT2D eigenvalue weighted by atomic mass is 9.40. The normalized spacial score (nSPS) is 46.7. The van der Waals surface area contributed by atoms with E-state index in [0.29, 0.717) is 42.8 Å². The van der Waals surface area contributed by atoms with Crippen molar-refractivity contribution in [3.8, 4) is 0 Å². The van der Waals surface area contributed by atoms with Crippen LogP contribution < -0.4 is 0 Å². The minimum atomic E-state index is -1.70. The van der Waals surface area contributed by atoms with Crippen molar-refractivity contribution in [1.82, 2.24) is 0 Å². The quantitative estimate of drug-likeness (QED) is 0.382. The van der Waals surface area contributed by atoms with E-state index in [4.69, 9.17) is 0 Å². The number of carbonyl (C=O) groups is 1. The zero-order valence-electron chi connectivity index (χ0n) is 21.8. The van der Waals surface area contributed by atoms with E-state index in [1.54, 1.807) is 0 Å². The number of fused-ring (bicyclic) bond motifs is 5. The van der Waals surface area contributed by atoms with Crippen LogP contribution in [0.5, 0.6) is 0 Å². The molecule has 0 aromatic rings. The molecule has 4 saturated carbocycles. The summed E-state index contributed by atoms with van der Waals surface area (Å²) in [5.74, 6) is -0.0147. The molecule has 4 rings (SSSR count). The van der Waals surface area contributed by atoms with Crippen molar-refractivity contribution >= 4 is 5.78 Å². The summed E-state index contributed by atoms with van der Waals surface area (Å²) in [6.07, 6.45) is 10.9. The van der Waals surface area contributed by atoms with Crippen LogP contribution in [0, 0.1) is 58.2 Å². The van der Waals surface area contributed by atoms with Gasteiger partial charge in [-0.05, 0) is 84.9 Å². The number of Topliss-reactive ketones (excluding diaryl/α,β-unsaturated/α-hetero) is 1. The lowest BCUT2D eigenvalue weighted by molar-refractivity contribution is -0.332. The Kier molecular flexibility index (Phi) is 6.73. The van der Waals surface area contributed by atoms with E-state index in [-0.39, 0.29) is 40.4 Å². The number of aliphatic hydroxyl groups excluding tert-OH is 1. The molecular weight excluding hydrogens is 412 g/mol. The van der Waals surface area contributed by atoms with Crippen molar-refractivity contribution in [2.45, 2.75) is 105 Å². The van der Waals surface area contributed by atoms with Gasteiger partial charge in [0.1, 0.15) is 5.78 Å². The van der Waals surface area contributed by atoms with Crippen LogP contribution in [0.25, 0.3) is 0 Å². The fraction of sp³-hybridized carbons (Fsp3) is 0.897. The van der Waals surface area contributed by atoms with Crippen LogP contribution in [0.4, 0.5) is 0 Å². The van der Waals surface area contributed by atoms with Gasteiger partial charge in [-0.15, -0.1) is 0 Å². The van der Waals surface area contributed by atoms with Crippen molar-refractivity contribution < 1.29 is 20.1 Å². The molecule has 0 aromatic carbocycles. The van der Waals surface area contributed by atoms with E-state index in [9.17, 15) is 20.1 Å². The predicted molar refractivity (Wildman–Crippen MR) is 131 cm³/mol. The average Bonchev–Trinajstić information content (AvgIpc) is 3.10. The molecule has 0 saturated heterocycles. The number of hydrogen-bond donors (Lipinski definition) is 3. The molecule has 1 unspecified atom stereocenters. The van der Waals surface area contributed by atoms with Gasteiger partial charge in [-0.3, -0.25) is 4.79 Å². The van der Waals surface area contributed by atoms with Crippen LogP contribution in [0.1, 0.15) is 92.9 Å². The Morgan fingerprint density at radius 2 is 1.64 bits per heavy atom. The third kappa shape index (κ3) is 3.87. The Bertz CT molecular complexity index is 772. The van der Waals surface area contributed by atoms with E-state index in [1.165, 1.54) is 0 Å². The van der Waals surface area contributed by atoms with E-state index >= 15 is 0 Å². The van der Waals surface area contributed by atoms with Crippen LogP contribution in [0.3, 0.4) is 0 Å². The summed E-state index contributed by atoms with van der Waals surface area (Å²) in [7, 11) is 0. The zero-order chi connectivity index (χ0) is 24.3. The van der Waals surface area contributed by atoms with Crippen molar-refractivity contribution in [3.05, 3.63) is 12.2 Å². The van der Waals surface area contributed by atoms with E-state index in [0.717, 1.165) is 32.1 Å². The number of allylic oxidation sites excluding steroid dienone is 1. The average molecular weight is 461 g/mol. The van der Waals surface area contributed by atoms with E-state index < -0.39 is 11.9 Å². The molecule has 4 aliphatic carbocycles. The Morgan fingerprint density at radius 3 is 2.27 bits per heavy atom. The van der Waals surface area contributed by atoms with Crippen LogP contribution in [0.2, 0.25) is 0 Å². The standard InChI is InChI=1S/C29H48O4/c1-7-20-24-16-19(30)12-14-28(24,6)23-13-15-27(5)21(18(4)8-11-25(31)17(2)3)9-10-22(27)26(23)29(20,32)33/h8,11,17-18,20-26,31-33H,7,9-10,12-16H2,1-6H3/t18-,20-,21-,22+,23+,24+,25?,26+,27-,28-/m1/s1. The van der Waals surface area contributed by atoms with Crippen LogP contribution in [0.15, 0.2) is 12.2 Å². The molecule has 0 aliphatic heterocycles. The fourth-order valence-corrected chi connectivity index (χ4v) is 9.39. The minimum Gasteiger partial charge on any atom is -0.389 e. The Labute approximate surface area is 201 Å². The highest BCUT2D eigenvalue weighted by molar-refractivity contribution is 5.79. The SMILES string of the molecule is CC[C@@H]1[C@@H]2CC(=O)CC[C@]2(C)[C@H]2CC[C@]3(C)[C@@H]([C@H](C)C=CC(O)C(C)C)CC[C@H]3[C@@H]2C1(O)O. The molecule has 3 N–H and O–H groups in total. The van der Waals surface area contributed by atoms with Crippen LogP contribution in [-0.4, -0.2) is 33.0 Å². The monoisotopic (exact) mass is 460 g/mol. The molecule has 0 spiro atoms.